The van der Waals surface area contributed by atoms with Gasteiger partial charge in [0.15, 0.2) is 6.29 Å². The van der Waals surface area contributed by atoms with Crippen molar-refractivity contribution in [3.63, 3.8) is 0 Å². The van der Waals surface area contributed by atoms with Gasteiger partial charge in [-0.2, -0.15) is 0 Å². The minimum Gasteiger partial charge on any atom is -0.394 e. The van der Waals surface area contributed by atoms with Crippen LogP contribution in [0.1, 0.15) is 142 Å². The Morgan fingerprint density at radius 1 is 0.509 bits per heavy atom. The third-order valence-corrected chi connectivity index (χ3v) is 9.19. The van der Waals surface area contributed by atoms with Gasteiger partial charge in [-0.15, -0.1) is 0 Å². The lowest BCUT2D eigenvalue weighted by Gasteiger charge is -2.39. The maximum Gasteiger partial charge on any atom is 0.186 e. The molecule has 1 aliphatic rings. The fraction of sp³-hybridized carbons (Fsp3) is 0.733. The van der Waals surface area contributed by atoms with Gasteiger partial charge in [0.25, 0.3) is 0 Å². The van der Waals surface area contributed by atoms with Crippen molar-refractivity contribution >= 4 is 0 Å². The molecule has 0 aromatic carbocycles. The minimum atomic E-state index is -1.47. The van der Waals surface area contributed by atoms with Crippen LogP contribution in [-0.2, 0) is 18.9 Å². The number of aliphatic hydroxyl groups excluding tert-OH is 4. The number of allylic oxidation sites excluding steroid dienone is 12. The van der Waals surface area contributed by atoms with Gasteiger partial charge in [-0.25, -0.2) is 0 Å². The lowest BCUT2D eigenvalue weighted by molar-refractivity contribution is -0.306. The normalized spacial score (nSPS) is 22.0. The van der Waals surface area contributed by atoms with Crippen molar-refractivity contribution < 1.29 is 39.4 Å². The van der Waals surface area contributed by atoms with E-state index >= 15 is 0 Å². The van der Waals surface area contributed by atoms with Gasteiger partial charge < -0.3 is 39.4 Å². The highest BCUT2D eigenvalue weighted by atomic mass is 16.7. The van der Waals surface area contributed by atoms with E-state index in [4.69, 9.17) is 18.9 Å². The van der Waals surface area contributed by atoms with Crippen molar-refractivity contribution in [1.29, 1.82) is 0 Å². The SMILES string of the molecule is CCC=CCC=CCC=CCCCCCCCCOCC(COC1OC(CO)C(O)C(O)C1O)OCCCCCCCCC=CCC=CCC=CCC. The maximum atomic E-state index is 10.4. The summed E-state index contributed by atoms with van der Waals surface area (Å²) in [6, 6.07) is 0. The van der Waals surface area contributed by atoms with Gasteiger partial charge in [0, 0.05) is 13.2 Å². The Hall–Kier alpha value is -1.88. The van der Waals surface area contributed by atoms with Crippen LogP contribution < -0.4 is 0 Å². The Labute approximate surface area is 323 Å². The molecule has 0 saturated carbocycles. The number of rotatable bonds is 35. The zero-order valence-corrected chi connectivity index (χ0v) is 33.5. The summed E-state index contributed by atoms with van der Waals surface area (Å²) in [5, 5.41) is 40.1. The second kappa shape index (κ2) is 37.1. The van der Waals surface area contributed by atoms with E-state index in [0.29, 0.717) is 19.8 Å². The Balaban J connectivity index is 2.25. The fourth-order valence-electron chi connectivity index (χ4n) is 5.91. The molecule has 306 valence electrons. The second-order valence-corrected chi connectivity index (χ2v) is 14.0. The molecule has 0 radical (unpaired) electrons. The van der Waals surface area contributed by atoms with Crippen molar-refractivity contribution in [2.75, 3.05) is 33.0 Å². The van der Waals surface area contributed by atoms with E-state index in [1.807, 2.05) is 0 Å². The van der Waals surface area contributed by atoms with Gasteiger partial charge in [-0.3, -0.25) is 0 Å². The van der Waals surface area contributed by atoms with E-state index in [-0.39, 0.29) is 12.7 Å². The summed E-state index contributed by atoms with van der Waals surface area (Å²) in [7, 11) is 0. The number of hydrogen-bond acceptors (Lipinski definition) is 8. The van der Waals surface area contributed by atoms with E-state index in [1.165, 1.54) is 51.4 Å². The molecule has 8 nitrogen and oxygen atoms in total. The first-order valence-electron chi connectivity index (χ1n) is 21.1. The molecule has 1 fully saturated rings. The van der Waals surface area contributed by atoms with E-state index in [0.717, 1.165) is 77.0 Å². The molecule has 4 N–H and O–H groups in total. The molecule has 6 unspecified atom stereocenters. The number of hydrogen-bond donors (Lipinski definition) is 4. The number of aliphatic hydroxyl groups is 4. The van der Waals surface area contributed by atoms with Gasteiger partial charge in [0.2, 0.25) is 0 Å². The summed E-state index contributed by atoms with van der Waals surface area (Å²) in [5.74, 6) is 0. The molecule has 0 aromatic heterocycles. The van der Waals surface area contributed by atoms with Crippen molar-refractivity contribution in [3.05, 3.63) is 72.9 Å². The van der Waals surface area contributed by atoms with E-state index in [1.54, 1.807) is 0 Å². The smallest absolute Gasteiger partial charge is 0.186 e. The minimum absolute atomic E-state index is 0.100. The molecule has 0 aromatic rings. The maximum absolute atomic E-state index is 10.4. The third-order valence-electron chi connectivity index (χ3n) is 9.19. The topological polar surface area (TPSA) is 118 Å². The van der Waals surface area contributed by atoms with Crippen LogP contribution in [0, 0.1) is 0 Å². The Morgan fingerprint density at radius 3 is 1.47 bits per heavy atom. The van der Waals surface area contributed by atoms with Gasteiger partial charge in [0.05, 0.1) is 19.8 Å². The molecule has 0 spiro atoms. The predicted molar refractivity (Wildman–Crippen MR) is 219 cm³/mol. The van der Waals surface area contributed by atoms with Crippen LogP contribution in [0.5, 0.6) is 0 Å². The summed E-state index contributed by atoms with van der Waals surface area (Å²) in [6.45, 7) is 5.50. The lowest BCUT2D eigenvalue weighted by Crippen LogP contribution is -2.59. The predicted octanol–water partition coefficient (Wildman–Crippen LogP) is 9.38. The van der Waals surface area contributed by atoms with Crippen molar-refractivity contribution in [3.8, 4) is 0 Å². The van der Waals surface area contributed by atoms with E-state index in [2.05, 4.69) is 86.8 Å². The summed E-state index contributed by atoms with van der Waals surface area (Å²) in [6.07, 6.45) is 42.5. The molecule has 1 aliphatic heterocycles. The van der Waals surface area contributed by atoms with Crippen LogP contribution in [0.2, 0.25) is 0 Å². The molecule has 53 heavy (non-hydrogen) atoms. The summed E-state index contributed by atoms with van der Waals surface area (Å²) in [5.41, 5.74) is 0. The summed E-state index contributed by atoms with van der Waals surface area (Å²) < 4.78 is 23.4. The Kier molecular flexibility index (Phi) is 34.4. The van der Waals surface area contributed by atoms with Crippen LogP contribution in [0.4, 0.5) is 0 Å². The number of unbranched alkanes of at least 4 members (excludes halogenated alkanes) is 12. The summed E-state index contributed by atoms with van der Waals surface area (Å²) >= 11 is 0. The van der Waals surface area contributed by atoms with Gasteiger partial charge in [-0.1, -0.05) is 138 Å². The Bertz CT molecular complexity index is 972. The van der Waals surface area contributed by atoms with Crippen LogP contribution in [0.3, 0.4) is 0 Å². The molecular formula is C45H78O8. The highest BCUT2D eigenvalue weighted by molar-refractivity contribution is 4.98. The first kappa shape index (κ1) is 49.1. The molecule has 0 bridgehead atoms. The molecule has 0 aliphatic carbocycles. The molecule has 1 heterocycles. The van der Waals surface area contributed by atoms with Crippen molar-refractivity contribution in [2.45, 2.75) is 179 Å². The van der Waals surface area contributed by atoms with E-state index in [9.17, 15) is 20.4 Å². The molecule has 6 atom stereocenters. The first-order chi connectivity index (χ1) is 26.0. The number of ether oxygens (including phenoxy) is 4. The second-order valence-electron chi connectivity index (χ2n) is 14.0. The van der Waals surface area contributed by atoms with Crippen LogP contribution in [0.15, 0.2) is 72.9 Å². The van der Waals surface area contributed by atoms with Gasteiger partial charge in [0.1, 0.15) is 30.5 Å². The van der Waals surface area contributed by atoms with E-state index < -0.39 is 37.3 Å². The zero-order valence-electron chi connectivity index (χ0n) is 33.5. The van der Waals surface area contributed by atoms with Crippen molar-refractivity contribution in [2.24, 2.45) is 0 Å². The molecule has 0 amide bonds. The quantitative estimate of drug-likeness (QED) is 0.0375. The fourth-order valence-corrected chi connectivity index (χ4v) is 5.91. The molecule has 8 heteroatoms. The average molecular weight is 747 g/mol. The average Bonchev–Trinajstić information content (AvgIpc) is 3.17. The highest BCUT2D eigenvalue weighted by Crippen LogP contribution is 2.22. The van der Waals surface area contributed by atoms with Crippen LogP contribution in [-0.4, -0.2) is 90.3 Å². The van der Waals surface area contributed by atoms with Gasteiger partial charge >= 0.3 is 0 Å². The standard InChI is InChI=1S/C45H78O8/c1-3-5-7-9-11-13-15-17-19-21-23-25-27-29-31-33-35-50-38-40(39-52-45-44(49)43(48)42(47)41(37-46)53-45)51-36-34-32-30-28-26-24-22-20-18-16-14-12-10-8-6-4-2/h5-8,11-14,17-20,40-49H,3-4,9-10,15-16,21-39H2,1-2H3. The third kappa shape index (κ3) is 28.2. The van der Waals surface area contributed by atoms with Gasteiger partial charge in [-0.05, 0) is 77.0 Å². The summed E-state index contributed by atoms with van der Waals surface area (Å²) in [4.78, 5) is 0. The zero-order chi connectivity index (χ0) is 38.5. The largest absolute Gasteiger partial charge is 0.394 e. The molecule has 1 rings (SSSR count). The molecular weight excluding hydrogens is 668 g/mol. The first-order valence-corrected chi connectivity index (χ1v) is 21.1. The van der Waals surface area contributed by atoms with Crippen molar-refractivity contribution in [1.82, 2.24) is 0 Å². The monoisotopic (exact) mass is 747 g/mol. The molecule has 1 saturated heterocycles. The van der Waals surface area contributed by atoms with Crippen LogP contribution >= 0.6 is 0 Å². The van der Waals surface area contributed by atoms with Crippen LogP contribution in [0.25, 0.3) is 0 Å². The lowest BCUT2D eigenvalue weighted by atomic mass is 9.99. The highest BCUT2D eigenvalue weighted by Gasteiger charge is 2.44. The Morgan fingerprint density at radius 2 is 0.962 bits per heavy atom.